The van der Waals surface area contributed by atoms with Crippen molar-refractivity contribution in [1.82, 2.24) is 0 Å². The predicted octanol–water partition coefficient (Wildman–Crippen LogP) is -5.89. The van der Waals surface area contributed by atoms with Crippen LogP contribution in [0.15, 0.2) is 47.6 Å². The third-order valence-corrected chi connectivity index (χ3v) is 4.16. The maximum absolute atomic E-state index is 2.28. The average Bonchev–Trinajstić information content (AvgIpc) is 2.77. The zero-order valence-corrected chi connectivity index (χ0v) is 17.0. The molecule has 0 N–H and O–H groups in total. The van der Waals surface area contributed by atoms with Crippen LogP contribution in [0.5, 0.6) is 0 Å². The molecule has 0 heterocycles. The Morgan fingerprint density at radius 3 is 1.53 bits per heavy atom. The number of hydrogen-bond donors (Lipinski definition) is 0. The number of hydrogen-bond acceptors (Lipinski definition) is 0. The summed E-state index contributed by atoms with van der Waals surface area (Å²) in [5, 5.41) is 0. The Morgan fingerprint density at radius 2 is 1.27 bits per heavy atom. The molecule has 0 bridgehead atoms. The van der Waals surface area contributed by atoms with Crippen molar-refractivity contribution in [3.05, 3.63) is 47.6 Å². The van der Waals surface area contributed by atoms with E-state index in [0.717, 1.165) is 3.63 Å². The molecule has 0 aromatic heterocycles. The van der Waals surface area contributed by atoms with Gasteiger partial charge in [-0.25, -0.2) is 0 Å². The normalized spacial score (nSPS) is 16.5. The fraction of sp³-hybridized carbons (Fsp3) is 0.273. The first-order valence-electron chi connectivity index (χ1n) is 4.30. The van der Waals surface area contributed by atoms with Gasteiger partial charge in [-0.15, -0.1) is 0 Å². The van der Waals surface area contributed by atoms with E-state index in [1.807, 2.05) is 0 Å². The number of rotatable bonds is 2. The Kier molecular flexibility index (Phi) is 12.9. The SMILES string of the molecule is [I-].[I-].[I-].[Zr+3][CH](C1=CC=CC1)C1=CC=CC1. The number of halogens is 3. The minimum absolute atomic E-state index is 0. The zero-order chi connectivity index (χ0) is 8.39. The maximum atomic E-state index is 2.28. The van der Waals surface area contributed by atoms with Crippen LogP contribution in [0.2, 0.25) is 3.63 Å². The molecule has 4 heteroatoms. The van der Waals surface area contributed by atoms with E-state index in [1.165, 1.54) is 12.8 Å². The first-order valence-corrected chi connectivity index (χ1v) is 5.72. The van der Waals surface area contributed by atoms with Gasteiger partial charge in [-0.3, -0.25) is 0 Å². The molecule has 0 aromatic carbocycles. The van der Waals surface area contributed by atoms with E-state index in [9.17, 15) is 0 Å². The Labute approximate surface area is 158 Å². The van der Waals surface area contributed by atoms with Crippen molar-refractivity contribution < 1.29 is 96.6 Å². The molecule has 0 aliphatic heterocycles. The molecule has 0 saturated carbocycles. The molecule has 2 aliphatic carbocycles. The van der Waals surface area contributed by atoms with Crippen LogP contribution in [0.3, 0.4) is 0 Å². The minimum atomic E-state index is 0. The van der Waals surface area contributed by atoms with E-state index in [4.69, 9.17) is 0 Å². The van der Waals surface area contributed by atoms with Crippen LogP contribution < -0.4 is 71.9 Å². The molecule has 0 aromatic rings. The molecule has 0 spiro atoms. The first-order chi connectivity index (χ1) is 5.88. The fourth-order valence-corrected chi connectivity index (χ4v) is 2.65. The van der Waals surface area contributed by atoms with E-state index >= 15 is 0 Å². The summed E-state index contributed by atoms with van der Waals surface area (Å²) in [5.74, 6) is 0. The molecule has 0 saturated heterocycles. The molecule has 0 nitrogen and oxygen atoms in total. The molecule has 0 radical (unpaired) electrons. The summed E-state index contributed by atoms with van der Waals surface area (Å²) in [6.07, 6.45) is 15.7. The van der Waals surface area contributed by atoms with Crippen LogP contribution in [0.4, 0.5) is 0 Å². The predicted molar refractivity (Wildman–Crippen MR) is 47.4 cm³/mol. The van der Waals surface area contributed by atoms with Gasteiger partial charge in [-0.2, -0.15) is 0 Å². The standard InChI is InChI=1S/C11H11.3HI.Zr/c1-2-6-10(5-1)9-11-7-3-4-8-11;;;;/h1-5,7,9H,6,8H2;3*1H;/q;;;;+3/p-3. The van der Waals surface area contributed by atoms with Crippen molar-refractivity contribution in [3.8, 4) is 0 Å². The van der Waals surface area contributed by atoms with E-state index in [2.05, 4.69) is 36.5 Å². The molecule has 0 atom stereocenters. The van der Waals surface area contributed by atoms with Crippen LogP contribution in [0.25, 0.3) is 0 Å². The second kappa shape index (κ2) is 10.0. The summed E-state index contributed by atoms with van der Waals surface area (Å²) in [7, 11) is 0. The van der Waals surface area contributed by atoms with Gasteiger partial charge in [0.15, 0.2) is 0 Å². The second-order valence-electron chi connectivity index (χ2n) is 3.18. The van der Waals surface area contributed by atoms with Crippen LogP contribution in [0, 0.1) is 0 Å². The molecule has 80 valence electrons. The summed E-state index contributed by atoms with van der Waals surface area (Å²) in [5.41, 5.74) is 3.20. The molecule has 2 aliphatic rings. The Morgan fingerprint density at radius 1 is 0.867 bits per heavy atom. The van der Waals surface area contributed by atoms with Crippen molar-refractivity contribution in [1.29, 1.82) is 0 Å². The van der Waals surface area contributed by atoms with Gasteiger partial charge in [-0.05, 0) is 0 Å². The summed E-state index contributed by atoms with van der Waals surface area (Å²) in [6.45, 7) is 0. The van der Waals surface area contributed by atoms with Gasteiger partial charge in [-0.1, -0.05) is 0 Å². The van der Waals surface area contributed by atoms with Crippen LogP contribution in [0.1, 0.15) is 12.8 Å². The van der Waals surface area contributed by atoms with Gasteiger partial charge in [0.25, 0.3) is 0 Å². The number of allylic oxidation sites excluding steroid dienone is 8. The summed E-state index contributed by atoms with van der Waals surface area (Å²) in [4.78, 5) is 0. The third kappa shape index (κ3) is 5.47. The zero-order valence-electron chi connectivity index (χ0n) is 8.09. The molecule has 0 fully saturated rings. The van der Waals surface area contributed by atoms with Crippen LogP contribution in [-0.2, 0) is 24.7 Å². The van der Waals surface area contributed by atoms with E-state index in [0.29, 0.717) is 0 Å². The van der Waals surface area contributed by atoms with Crippen molar-refractivity contribution >= 4 is 0 Å². The second-order valence-corrected chi connectivity index (χ2v) is 4.60. The van der Waals surface area contributed by atoms with Crippen LogP contribution in [-0.4, -0.2) is 0 Å². The fourth-order valence-electron chi connectivity index (χ4n) is 1.59. The van der Waals surface area contributed by atoms with E-state index < -0.39 is 0 Å². The van der Waals surface area contributed by atoms with Gasteiger partial charge < -0.3 is 71.9 Å². The van der Waals surface area contributed by atoms with Gasteiger partial charge in [0.1, 0.15) is 0 Å². The van der Waals surface area contributed by atoms with Gasteiger partial charge in [0, 0.05) is 0 Å². The van der Waals surface area contributed by atoms with Gasteiger partial charge >= 0.3 is 88.8 Å². The summed E-state index contributed by atoms with van der Waals surface area (Å²) in [6, 6.07) is 0. The molecular formula is C11H11I3Zr. The first kappa shape index (κ1) is 19.4. The molecule has 2 rings (SSSR count). The van der Waals surface area contributed by atoms with Gasteiger partial charge in [0.05, 0.1) is 0 Å². The topological polar surface area (TPSA) is 0 Å². The summed E-state index contributed by atoms with van der Waals surface area (Å²) >= 11 is 1.63. The Hall–Kier alpha value is 2.03. The Bertz CT molecular complexity index is 273. The molecular weight excluding hydrogens is 604 g/mol. The van der Waals surface area contributed by atoms with E-state index in [1.54, 1.807) is 35.9 Å². The summed E-state index contributed by atoms with van der Waals surface area (Å²) < 4.78 is 0.738. The van der Waals surface area contributed by atoms with Crippen molar-refractivity contribution in [2.45, 2.75) is 16.5 Å². The quantitative estimate of drug-likeness (QED) is 0.272. The van der Waals surface area contributed by atoms with Crippen molar-refractivity contribution in [2.75, 3.05) is 0 Å². The van der Waals surface area contributed by atoms with E-state index in [-0.39, 0.29) is 71.9 Å². The Balaban J connectivity index is 0. The van der Waals surface area contributed by atoms with Crippen molar-refractivity contribution in [3.63, 3.8) is 0 Å². The molecule has 0 unspecified atom stereocenters. The third-order valence-electron chi connectivity index (χ3n) is 2.34. The van der Waals surface area contributed by atoms with Gasteiger partial charge in [0.2, 0.25) is 0 Å². The average molecular weight is 615 g/mol. The molecule has 15 heavy (non-hydrogen) atoms. The van der Waals surface area contributed by atoms with Crippen molar-refractivity contribution in [2.24, 2.45) is 0 Å². The monoisotopic (exact) mass is 614 g/mol. The van der Waals surface area contributed by atoms with Crippen LogP contribution >= 0.6 is 0 Å². The molecule has 0 amide bonds.